The molecule has 2 aromatic rings. The van der Waals surface area contributed by atoms with Crippen molar-refractivity contribution in [3.8, 4) is 0 Å². The van der Waals surface area contributed by atoms with Crippen LogP contribution >= 0.6 is 0 Å². The van der Waals surface area contributed by atoms with E-state index in [4.69, 9.17) is 24.5 Å². The molecule has 11 nitrogen and oxygen atoms in total. The van der Waals surface area contributed by atoms with E-state index in [0.717, 1.165) is 32.8 Å². The second-order valence-corrected chi connectivity index (χ2v) is 8.40. The summed E-state index contributed by atoms with van der Waals surface area (Å²) in [5.41, 5.74) is 1.28. The van der Waals surface area contributed by atoms with Crippen molar-refractivity contribution in [2.75, 3.05) is 31.6 Å². The number of hydrogen-bond donors (Lipinski definition) is 3. The van der Waals surface area contributed by atoms with Crippen LogP contribution in [0, 0.1) is 11.8 Å². The Hall–Kier alpha value is -3.47. The van der Waals surface area contributed by atoms with Gasteiger partial charge in [0.15, 0.2) is 0 Å². The van der Waals surface area contributed by atoms with Crippen molar-refractivity contribution in [3.63, 3.8) is 0 Å². The van der Waals surface area contributed by atoms with Gasteiger partial charge < -0.3 is 20.3 Å². The highest BCUT2D eigenvalue weighted by Crippen LogP contribution is 2.34. The number of alkyl halides is 6. The van der Waals surface area contributed by atoms with E-state index in [1.54, 1.807) is 12.4 Å². The van der Waals surface area contributed by atoms with E-state index in [9.17, 15) is 26.3 Å². The monoisotopic (exact) mass is 556 g/mol. The zero-order valence-electron chi connectivity index (χ0n) is 20.0. The van der Waals surface area contributed by atoms with Crippen molar-refractivity contribution in [1.29, 1.82) is 0 Å². The third-order valence-electron chi connectivity index (χ3n) is 5.57. The van der Waals surface area contributed by atoms with E-state index in [1.807, 2.05) is 24.0 Å². The fourth-order valence-corrected chi connectivity index (χ4v) is 3.85. The highest BCUT2D eigenvalue weighted by Gasteiger charge is 2.41. The number of carboxylic acid groups (broad SMARTS) is 2. The van der Waals surface area contributed by atoms with Gasteiger partial charge in [0, 0.05) is 56.8 Å². The molecule has 0 radical (unpaired) electrons. The van der Waals surface area contributed by atoms with Gasteiger partial charge in [-0.3, -0.25) is 9.58 Å². The summed E-state index contributed by atoms with van der Waals surface area (Å²) in [7, 11) is 1.97. The average molecular weight is 556 g/mol. The second kappa shape index (κ2) is 13.4. The lowest BCUT2D eigenvalue weighted by Crippen LogP contribution is -2.43. The number of nitrogens with zero attached hydrogens (tertiary/aromatic N) is 5. The van der Waals surface area contributed by atoms with Crippen LogP contribution in [0.5, 0.6) is 0 Å². The van der Waals surface area contributed by atoms with E-state index in [0.29, 0.717) is 17.8 Å². The minimum absolute atomic E-state index is 0.232. The SMILES string of the molecule is Cn1cc(CN2CC[C@H]3CO[C@H](CNc4ncccn4)[C@H]3C2)cn1.O=C(O)C(F)(F)F.O=C(O)C(F)(F)F. The van der Waals surface area contributed by atoms with Crippen molar-refractivity contribution in [3.05, 3.63) is 36.4 Å². The molecule has 3 atom stereocenters. The number of ether oxygens (including phenoxy) is 1. The topological polar surface area (TPSA) is 143 Å². The number of aliphatic carboxylic acids is 2. The Morgan fingerprint density at radius 2 is 1.68 bits per heavy atom. The van der Waals surface area contributed by atoms with Crippen LogP contribution < -0.4 is 5.32 Å². The van der Waals surface area contributed by atoms with E-state index in [-0.39, 0.29) is 6.10 Å². The maximum Gasteiger partial charge on any atom is 0.490 e. The molecule has 4 rings (SSSR count). The van der Waals surface area contributed by atoms with Gasteiger partial charge in [-0.1, -0.05) is 0 Å². The van der Waals surface area contributed by atoms with E-state index < -0.39 is 24.3 Å². The molecule has 0 unspecified atom stereocenters. The molecule has 0 aliphatic carbocycles. The van der Waals surface area contributed by atoms with Gasteiger partial charge in [0.05, 0.1) is 18.9 Å². The lowest BCUT2D eigenvalue weighted by atomic mass is 9.84. The predicted octanol–water partition coefficient (Wildman–Crippen LogP) is 2.43. The van der Waals surface area contributed by atoms with Gasteiger partial charge in [0.1, 0.15) is 0 Å². The summed E-state index contributed by atoms with van der Waals surface area (Å²) in [6.07, 6.45) is -1.15. The number of halogens is 6. The highest BCUT2D eigenvalue weighted by atomic mass is 19.4. The summed E-state index contributed by atoms with van der Waals surface area (Å²) < 4.78 is 71.4. The molecule has 2 aromatic heterocycles. The van der Waals surface area contributed by atoms with Gasteiger partial charge in [0.2, 0.25) is 5.95 Å². The summed E-state index contributed by atoms with van der Waals surface area (Å²) in [6, 6.07) is 1.82. The van der Waals surface area contributed by atoms with Crippen molar-refractivity contribution in [2.24, 2.45) is 18.9 Å². The van der Waals surface area contributed by atoms with Crippen LogP contribution in [0.15, 0.2) is 30.9 Å². The summed E-state index contributed by atoms with van der Waals surface area (Å²) in [5.74, 6) is -3.59. The molecular weight excluding hydrogens is 530 g/mol. The Kier molecular flexibility index (Phi) is 10.8. The number of nitrogens with one attached hydrogen (secondary N) is 1. The Morgan fingerprint density at radius 1 is 1.11 bits per heavy atom. The Balaban J connectivity index is 0.000000301. The van der Waals surface area contributed by atoms with Gasteiger partial charge >= 0.3 is 24.3 Å². The quantitative estimate of drug-likeness (QED) is 0.470. The largest absolute Gasteiger partial charge is 0.490 e. The molecule has 3 N–H and O–H groups in total. The number of anilines is 1. The van der Waals surface area contributed by atoms with Gasteiger partial charge in [0.25, 0.3) is 0 Å². The smallest absolute Gasteiger partial charge is 0.475 e. The van der Waals surface area contributed by atoms with Crippen LogP contribution in [0.3, 0.4) is 0 Å². The summed E-state index contributed by atoms with van der Waals surface area (Å²) >= 11 is 0. The Bertz CT molecular complexity index is 1010. The Morgan fingerprint density at radius 3 is 2.18 bits per heavy atom. The fourth-order valence-electron chi connectivity index (χ4n) is 3.85. The first-order valence-electron chi connectivity index (χ1n) is 11.1. The van der Waals surface area contributed by atoms with Gasteiger partial charge in [-0.05, 0) is 24.9 Å². The minimum Gasteiger partial charge on any atom is -0.475 e. The number of rotatable bonds is 5. The third-order valence-corrected chi connectivity index (χ3v) is 5.57. The first kappa shape index (κ1) is 30.8. The highest BCUT2D eigenvalue weighted by molar-refractivity contribution is 5.73. The first-order chi connectivity index (χ1) is 17.7. The lowest BCUT2D eigenvalue weighted by molar-refractivity contribution is -0.193. The zero-order valence-corrected chi connectivity index (χ0v) is 20.0. The lowest BCUT2D eigenvalue weighted by Gasteiger charge is -2.35. The molecule has 0 spiro atoms. The number of aromatic nitrogens is 4. The van der Waals surface area contributed by atoms with Crippen LogP contribution in [0.25, 0.3) is 0 Å². The molecule has 38 heavy (non-hydrogen) atoms. The fraction of sp³-hybridized carbons (Fsp3) is 0.571. The van der Waals surface area contributed by atoms with E-state index in [2.05, 4.69) is 31.5 Å². The number of carboxylic acids is 2. The molecule has 212 valence electrons. The first-order valence-corrected chi connectivity index (χ1v) is 11.1. The maximum absolute atomic E-state index is 10.6. The summed E-state index contributed by atoms with van der Waals surface area (Å²) in [6.45, 7) is 4.85. The number of hydrogen-bond acceptors (Lipinski definition) is 8. The molecule has 2 saturated heterocycles. The van der Waals surface area contributed by atoms with Gasteiger partial charge in [-0.25, -0.2) is 19.6 Å². The Labute approximate surface area is 212 Å². The number of aryl methyl sites for hydroxylation is 1. The molecule has 2 fully saturated rings. The second-order valence-electron chi connectivity index (χ2n) is 8.40. The molecule has 0 amide bonds. The maximum atomic E-state index is 10.6. The molecular formula is C21H26F6N6O5. The van der Waals surface area contributed by atoms with E-state index >= 15 is 0 Å². The molecule has 2 aliphatic heterocycles. The molecule has 2 aliphatic rings. The average Bonchev–Trinajstić information content (AvgIpc) is 3.43. The number of fused-ring (bicyclic) bond motifs is 1. The molecule has 17 heteroatoms. The summed E-state index contributed by atoms with van der Waals surface area (Å²) in [4.78, 5) is 28.8. The normalized spacial score (nSPS) is 21.3. The van der Waals surface area contributed by atoms with Crippen molar-refractivity contribution in [2.45, 2.75) is 31.4 Å². The van der Waals surface area contributed by atoms with Crippen LogP contribution in [0.4, 0.5) is 32.3 Å². The van der Waals surface area contributed by atoms with Crippen molar-refractivity contribution in [1.82, 2.24) is 24.6 Å². The van der Waals surface area contributed by atoms with Crippen LogP contribution in [0.2, 0.25) is 0 Å². The molecule has 4 heterocycles. The number of likely N-dealkylation sites (tertiary alicyclic amines) is 1. The van der Waals surface area contributed by atoms with Crippen molar-refractivity contribution < 1.29 is 50.9 Å². The molecule has 0 bridgehead atoms. The van der Waals surface area contributed by atoms with Crippen molar-refractivity contribution >= 4 is 17.9 Å². The van der Waals surface area contributed by atoms with Crippen LogP contribution in [-0.4, -0.2) is 91.5 Å². The third kappa shape index (κ3) is 10.1. The standard InChI is InChI=1S/C17H24N6O.2C2HF3O2/c1-22-9-13(7-21-22)10-23-6-3-14-12-24-16(15(14)11-23)8-20-17-18-4-2-5-19-17;2*3-2(4,5)1(6)7/h2,4-5,7,9,14-16H,3,6,8,10-12H2,1H3,(H,18,19,20);2*(H,6,7)/t14-,15-,16+;;/m0../s1. The van der Waals surface area contributed by atoms with Gasteiger partial charge in [-0.15, -0.1) is 0 Å². The number of carbonyl (C=O) groups is 2. The minimum atomic E-state index is -5.08. The zero-order chi connectivity index (χ0) is 28.5. The molecule has 0 saturated carbocycles. The van der Waals surface area contributed by atoms with Gasteiger partial charge in [-0.2, -0.15) is 31.4 Å². The van der Waals surface area contributed by atoms with Crippen LogP contribution in [-0.2, 0) is 27.9 Å². The van der Waals surface area contributed by atoms with Crippen LogP contribution in [0.1, 0.15) is 12.0 Å². The number of piperidine rings is 1. The summed E-state index contributed by atoms with van der Waals surface area (Å²) in [5, 5.41) is 21.8. The molecule has 0 aromatic carbocycles. The van der Waals surface area contributed by atoms with E-state index in [1.165, 1.54) is 12.0 Å². The predicted molar refractivity (Wildman–Crippen MR) is 118 cm³/mol.